The zero-order valence-corrected chi connectivity index (χ0v) is 27.6. The van der Waals surface area contributed by atoms with Gasteiger partial charge < -0.3 is 19.7 Å². The van der Waals surface area contributed by atoms with Crippen molar-refractivity contribution in [2.24, 2.45) is 0 Å². The fraction of sp³-hybridized carbons (Fsp3) is 0.297. The maximum absolute atomic E-state index is 14.6. The van der Waals surface area contributed by atoms with Crippen LogP contribution in [-0.2, 0) is 32.6 Å². The molecular weight excluding hydrogens is 614 g/mol. The number of amides is 2. The van der Waals surface area contributed by atoms with E-state index < -0.39 is 28.5 Å². The summed E-state index contributed by atoms with van der Waals surface area (Å²) in [7, 11) is -1.13. The Bertz CT molecular complexity index is 1730. The van der Waals surface area contributed by atoms with Crippen molar-refractivity contribution in [3.05, 3.63) is 120 Å². The summed E-state index contributed by atoms with van der Waals surface area (Å²) in [6.45, 7) is -0.457. The molecule has 1 aliphatic rings. The minimum absolute atomic E-state index is 0.00844. The van der Waals surface area contributed by atoms with Gasteiger partial charge in [-0.2, -0.15) is 0 Å². The zero-order chi connectivity index (χ0) is 33.2. The average Bonchev–Trinajstić information content (AvgIpc) is 3.62. The third kappa shape index (κ3) is 8.51. The van der Waals surface area contributed by atoms with Crippen molar-refractivity contribution in [3.63, 3.8) is 0 Å². The topological polar surface area (TPSA) is 105 Å². The molecule has 1 aliphatic carbocycles. The summed E-state index contributed by atoms with van der Waals surface area (Å²) in [5.41, 5.74) is 1.95. The van der Waals surface area contributed by atoms with E-state index in [1.807, 2.05) is 54.6 Å². The summed E-state index contributed by atoms with van der Waals surface area (Å²) < 4.78 is 40.1. The van der Waals surface area contributed by atoms with Crippen LogP contribution in [0, 0.1) is 0 Å². The Balaban J connectivity index is 1.55. The highest BCUT2D eigenvalue weighted by Gasteiger charge is 2.35. The van der Waals surface area contributed by atoms with Gasteiger partial charge in [0.25, 0.3) is 10.0 Å². The fourth-order valence-electron chi connectivity index (χ4n) is 5.89. The average molecular weight is 656 g/mol. The van der Waals surface area contributed by atoms with Crippen molar-refractivity contribution in [3.8, 4) is 11.5 Å². The van der Waals surface area contributed by atoms with E-state index in [4.69, 9.17) is 9.47 Å². The first-order valence-electron chi connectivity index (χ1n) is 15.8. The second-order valence-electron chi connectivity index (χ2n) is 11.6. The standard InChI is InChI=1S/C37H41N3O6S/c1-45-32-20-22-34(23-21-32)47(43,44)40(31-17-7-4-8-18-31)27-36(41)39(26-29-14-11-19-33(24-29)46-2)35(25-28-12-5-3-6-13-28)37(42)38-30-15-9-10-16-30/h3-8,11-14,17-24,30,35H,9-10,15-16,25-27H2,1-2H3,(H,38,42)/t35-/m1/s1. The van der Waals surface area contributed by atoms with Crippen molar-refractivity contribution in [2.45, 2.75) is 55.6 Å². The molecule has 0 aliphatic heterocycles. The maximum Gasteiger partial charge on any atom is 0.264 e. The van der Waals surface area contributed by atoms with E-state index in [0.29, 0.717) is 17.2 Å². The number of carbonyl (C=O) groups is 2. The van der Waals surface area contributed by atoms with Gasteiger partial charge in [0.05, 0.1) is 24.8 Å². The van der Waals surface area contributed by atoms with Gasteiger partial charge in [0.1, 0.15) is 24.1 Å². The lowest BCUT2D eigenvalue weighted by Crippen LogP contribution is -2.54. The van der Waals surface area contributed by atoms with Gasteiger partial charge in [-0.25, -0.2) is 8.42 Å². The van der Waals surface area contributed by atoms with Crippen LogP contribution in [-0.4, -0.2) is 58.0 Å². The Morgan fingerprint density at radius 1 is 0.787 bits per heavy atom. The van der Waals surface area contributed by atoms with Crippen LogP contribution in [0.25, 0.3) is 0 Å². The van der Waals surface area contributed by atoms with Gasteiger partial charge in [-0.15, -0.1) is 0 Å². The number of carbonyl (C=O) groups excluding carboxylic acids is 2. The number of hydrogen-bond acceptors (Lipinski definition) is 6. The summed E-state index contributed by atoms with van der Waals surface area (Å²) in [6.07, 6.45) is 4.10. The van der Waals surface area contributed by atoms with Gasteiger partial charge in [-0.3, -0.25) is 13.9 Å². The molecule has 1 atom stereocenters. The van der Waals surface area contributed by atoms with Gasteiger partial charge in [0, 0.05) is 19.0 Å². The van der Waals surface area contributed by atoms with E-state index >= 15 is 0 Å². The second-order valence-corrected chi connectivity index (χ2v) is 13.5. The minimum atomic E-state index is -4.20. The Kier molecular flexibility index (Phi) is 11.2. The molecule has 2 amide bonds. The lowest BCUT2D eigenvalue weighted by Gasteiger charge is -2.34. The molecule has 246 valence electrons. The lowest BCUT2D eigenvalue weighted by molar-refractivity contribution is -0.140. The highest BCUT2D eigenvalue weighted by Crippen LogP contribution is 2.27. The Hall–Kier alpha value is -4.83. The molecule has 5 rings (SSSR count). The smallest absolute Gasteiger partial charge is 0.264 e. The van der Waals surface area contributed by atoms with Gasteiger partial charge >= 0.3 is 0 Å². The largest absolute Gasteiger partial charge is 0.497 e. The number of rotatable bonds is 14. The third-order valence-corrected chi connectivity index (χ3v) is 10.2. The van der Waals surface area contributed by atoms with Crippen LogP contribution in [0.1, 0.15) is 36.8 Å². The van der Waals surface area contributed by atoms with Crippen LogP contribution in [0.4, 0.5) is 5.69 Å². The molecule has 4 aromatic rings. The van der Waals surface area contributed by atoms with Crippen molar-refractivity contribution < 1.29 is 27.5 Å². The number of hydrogen-bond donors (Lipinski definition) is 1. The van der Waals surface area contributed by atoms with E-state index in [9.17, 15) is 18.0 Å². The number of nitrogens with zero attached hydrogens (tertiary/aromatic N) is 2. The monoisotopic (exact) mass is 655 g/mol. The Morgan fingerprint density at radius 2 is 1.40 bits per heavy atom. The maximum atomic E-state index is 14.6. The summed E-state index contributed by atoms with van der Waals surface area (Å²) >= 11 is 0. The highest BCUT2D eigenvalue weighted by atomic mass is 32.2. The molecule has 47 heavy (non-hydrogen) atoms. The molecule has 9 nitrogen and oxygen atoms in total. The van der Waals surface area contributed by atoms with Crippen LogP contribution in [0.15, 0.2) is 114 Å². The quantitative estimate of drug-likeness (QED) is 0.190. The lowest BCUT2D eigenvalue weighted by atomic mass is 10.0. The zero-order valence-electron chi connectivity index (χ0n) is 26.7. The molecule has 0 heterocycles. The van der Waals surface area contributed by atoms with E-state index in [1.54, 1.807) is 49.6 Å². The predicted molar refractivity (Wildman–Crippen MR) is 182 cm³/mol. The first kappa shape index (κ1) is 33.5. The highest BCUT2D eigenvalue weighted by molar-refractivity contribution is 7.92. The number of benzene rings is 4. The van der Waals surface area contributed by atoms with Crippen molar-refractivity contribution in [2.75, 3.05) is 25.1 Å². The molecule has 0 bridgehead atoms. The van der Waals surface area contributed by atoms with Crippen molar-refractivity contribution in [1.82, 2.24) is 10.2 Å². The third-order valence-electron chi connectivity index (χ3n) is 8.43. The molecule has 0 unspecified atom stereocenters. The molecule has 1 saturated carbocycles. The molecule has 10 heteroatoms. The molecule has 0 aromatic heterocycles. The summed E-state index contributed by atoms with van der Waals surface area (Å²) in [4.78, 5) is 30.3. The van der Waals surface area contributed by atoms with Crippen LogP contribution in [0.2, 0.25) is 0 Å². The molecule has 1 fully saturated rings. The first-order valence-corrected chi connectivity index (χ1v) is 17.2. The number of sulfonamides is 1. The van der Waals surface area contributed by atoms with Crippen LogP contribution in [0.3, 0.4) is 0 Å². The van der Waals surface area contributed by atoms with E-state index in [0.717, 1.165) is 41.1 Å². The van der Waals surface area contributed by atoms with E-state index in [2.05, 4.69) is 5.32 Å². The van der Waals surface area contributed by atoms with Gasteiger partial charge in [-0.05, 0) is 72.5 Å². The number of methoxy groups -OCH3 is 2. The van der Waals surface area contributed by atoms with Crippen LogP contribution >= 0.6 is 0 Å². The summed E-state index contributed by atoms with van der Waals surface area (Å²) in [5, 5.41) is 3.19. The second kappa shape index (κ2) is 15.6. The number of nitrogens with one attached hydrogen (secondary N) is 1. The van der Waals surface area contributed by atoms with E-state index in [-0.39, 0.29) is 29.8 Å². The van der Waals surface area contributed by atoms with Crippen molar-refractivity contribution >= 4 is 27.5 Å². The molecule has 0 radical (unpaired) electrons. The normalized spacial score (nSPS) is 13.8. The van der Waals surface area contributed by atoms with Crippen LogP contribution in [0.5, 0.6) is 11.5 Å². The fourth-order valence-corrected chi connectivity index (χ4v) is 7.30. The van der Waals surface area contributed by atoms with Gasteiger partial charge in [-0.1, -0.05) is 73.5 Å². The Morgan fingerprint density at radius 3 is 2.04 bits per heavy atom. The SMILES string of the molecule is COc1ccc(S(=O)(=O)N(CC(=O)N(Cc2cccc(OC)c2)[C@H](Cc2ccccc2)C(=O)NC2CCCC2)c2ccccc2)cc1. The summed E-state index contributed by atoms with van der Waals surface area (Å²) in [5.74, 6) is 0.336. The molecule has 1 N–H and O–H groups in total. The van der Waals surface area contributed by atoms with Gasteiger partial charge in [0.15, 0.2) is 0 Å². The van der Waals surface area contributed by atoms with Gasteiger partial charge in [0.2, 0.25) is 11.8 Å². The number of anilines is 1. The first-order chi connectivity index (χ1) is 22.8. The van der Waals surface area contributed by atoms with Crippen molar-refractivity contribution in [1.29, 1.82) is 0 Å². The Labute approximate surface area is 277 Å². The number of ether oxygens (including phenoxy) is 2. The molecular formula is C37H41N3O6S. The minimum Gasteiger partial charge on any atom is -0.497 e. The predicted octanol–water partition coefficient (Wildman–Crippen LogP) is 5.60. The molecule has 4 aromatic carbocycles. The molecule has 0 saturated heterocycles. The number of para-hydroxylation sites is 1. The summed E-state index contributed by atoms with van der Waals surface area (Å²) in [6, 6.07) is 30.5. The van der Waals surface area contributed by atoms with E-state index in [1.165, 1.54) is 24.1 Å². The molecule has 0 spiro atoms. The van der Waals surface area contributed by atoms with Crippen LogP contribution < -0.4 is 19.1 Å².